The molecule has 5 fully saturated rings. The molecular formula is C34H46N6O3. The summed E-state index contributed by atoms with van der Waals surface area (Å²) in [6.45, 7) is 9.41. The molecule has 43 heavy (non-hydrogen) atoms. The number of carbonyl (C=O) groups excluding carboxylic acids is 2. The third kappa shape index (κ3) is 4.94. The van der Waals surface area contributed by atoms with E-state index in [9.17, 15) is 14.7 Å². The maximum Gasteiger partial charge on any atom is 0.322 e. The lowest BCUT2D eigenvalue weighted by Gasteiger charge is -2.59. The lowest BCUT2D eigenvalue weighted by Crippen LogP contribution is -2.63. The second kappa shape index (κ2) is 10.7. The van der Waals surface area contributed by atoms with Crippen molar-refractivity contribution in [1.29, 1.82) is 0 Å². The summed E-state index contributed by atoms with van der Waals surface area (Å²) >= 11 is 0. The summed E-state index contributed by atoms with van der Waals surface area (Å²) in [6.07, 6.45) is 4.75. The van der Waals surface area contributed by atoms with Crippen LogP contribution < -0.4 is 25.8 Å². The molecule has 2 aromatic carbocycles. The number of nitrogens with one attached hydrogen (secondary N) is 1. The molecule has 4 N–H and O–H groups in total. The Morgan fingerprint density at radius 3 is 2.14 bits per heavy atom. The van der Waals surface area contributed by atoms with Crippen LogP contribution in [0.15, 0.2) is 48.5 Å². The number of hydrogen-bond donors (Lipinski definition) is 3. The van der Waals surface area contributed by atoms with Crippen molar-refractivity contribution in [2.45, 2.75) is 57.5 Å². The van der Waals surface area contributed by atoms with Crippen LogP contribution in [0, 0.1) is 23.2 Å². The number of urea groups is 1. The van der Waals surface area contributed by atoms with E-state index in [0.29, 0.717) is 30.8 Å². The highest BCUT2D eigenvalue weighted by molar-refractivity contribution is 5.98. The maximum absolute atomic E-state index is 13.8. The molecule has 2 heterocycles. The van der Waals surface area contributed by atoms with Gasteiger partial charge < -0.3 is 26.0 Å². The van der Waals surface area contributed by atoms with Crippen molar-refractivity contribution in [3.63, 3.8) is 0 Å². The van der Waals surface area contributed by atoms with Crippen LogP contribution in [0.1, 0.15) is 46.0 Å². The lowest BCUT2D eigenvalue weighted by molar-refractivity contribution is -0.145. The Bertz CT molecular complexity index is 1350. The number of benzene rings is 2. The first-order valence-corrected chi connectivity index (χ1v) is 16.1. The van der Waals surface area contributed by atoms with E-state index < -0.39 is 0 Å². The van der Waals surface area contributed by atoms with Crippen LogP contribution in [-0.4, -0.2) is 79.4 Å². The van der Waals surface area contributed by atoms with Crippen molar-refractivity contribution in [2.24, 2.45) is 28.9 Å². The summed E-state index contributed by atoms with van der Waals surface area (Å²) in [7, 11) is 0. The Hall–Kier alpha value is -3.30. The number of piperazine rings is 1. The number of hydrogen-bond acceptors (Lipinski definition) is 6. The smallest absolute Gasteiger partial charge is 0.322 e. The molecule has 4 saturated carbocycles. The number of carbonyl (C=O) groups is 2. The molecule has 1 saturated heterocycles. The Morgan fingerprint density at radius 1 is 0.884 bits per heavy atom. The van der Waals surface area contributed by atoms with Gasteiger partial charge in [-0.05, 0) is 100 Å². The topological polar surface area (TPSA) is 105 Å². The van der Waals surface area contributed by atoms with Crippen LogP contribution >= 0.6 is 0 Å². The van der Waals surface area contributed by atoms with Gasteiger partial charge in [0, 0.05) is 67.6 Å². The molecule has 2 unspecified atom stereocenters. The van der Waals surface area contributed by atoms with Crippen molar-refractivity contribution in [3.05, 3.63) is 48.5 Å². The second-order valence-corrected chi connectivity index (χ2v) is 14.3. The van der Waals surface area contributed by atoms with Gasteiger partial charge in [0.1, 0.15) is 0 Å². The number of aliphatic hydroxyl groups excluding tert-OH is 1. The monoisotopic (exact) mass is 586 g/mol. The number of nitrogens with two attached hydrogens (primary N) is 1. The molecule has 0 aromatic heterocycles. The van der Waals surface area contributed by atoms with Crippen LogP contribution in [0.2, 0.25) is 0 Å². The molecule has 9 nitrogen and oxygen atoms in total. The molecule has 8 rings (SSSR count). The number of fused-ring (bicyclic) bond motifs is 1. The van der Waals surface area contributed by atoms with Gasteiger partial charge in [0.2, 0.25) is 5.91 Å². The van der Waals surface area contributed by atoms with Crippen molar-refractivity contribution < 1.29 is 14.7 Å². The van der Waals surface area contributed by atoms with Gasteiger partial charge in [0.15, 0.2) is 0 Å². The maximum atomic E-state index is 13.8. The van der Waals surface area contributed by atoms with E-state index in [1.807, 2.05) is 23.1 Å². The largest absolute Gasteiger partial charge is 0.394 e. The summed E-state index contributed by atoms with van der Waals surface area (Å²) in [6, 6.07) is 17.1. The number of aliphatic hydroxyl groups is 1. The minimum Gasteiger partial charge on any atom is -0.394 e. The van der Waals surface area contributed by atoms with E-state index in [0.717, 1.165) is 75.3 Å². The van der Waals surface area contributed by atoms with Crippen molar-refractivity contribution >= 4 is 34.7 Å². The van der Waals surface area contributed by atoms with E-state index >= 15 is 0 Å². The standard InChI is InChI=1S/C34H46N6O3/c1-33(2,22-41)38-13-11-37(12-14-38)26-7-9-27(10-8-26)39-15-16-40(29-6-4-3-5-28(29)39)32(43)36-30-24-17-23-18-25(30)21-34(19-23,20-24)31(35)42/h3-10,23-25,30,41H,11-22H2,1-2H3,(H2,35,42)(H,36,43). The lowest BCUT2D eigenvalue weighted by atomic mass is 9.47. The van der Waals surface area contributed by atoms with Gasteiger partial charge in [-0.25, -0.2) is 4.79 Å². The fourth-order valence-corrected chi connectivity index (χ4v) is 9.14. The first kappa shape index (κ1) is 28.5. The highest BCUT2D eigenvalue weighted by Gasteiger charge is 2.58. The first-order valence-electron chi connectivity index (χ1n) is 16.1. The summed E-state index contributed by atoms with van der Waals surface area (Å²) in [5, 5.41) is 13.2. The van der Waals surface area contributed by atoms with Gasteiger partial charge in [-0.2, -0.15) is 0 Å². The zero-order valence-corrected chi connectivity index (χ0v) is 25.5. The molecular weight excluding hydrogens is 540 g/mol. The van der Waals surface area contributed by atoms with Crippen LogP contribution in [0.25, 0.3) is 0 Å². The Labute approximate surface area is 255 Å². The van der Waals surface area contributed by atoms with Crippen LogP contribution in [0.4, 0.5) is 27.5 Å². The summed E-state index contributed by atoms with van der Waals surface area (Å²) in [5.41, 5.74) is 9.64. The average molecular weight is 587 g/mol. The zero-order valence-electron chi connectivity index (χ0n) is 25.5. The Morgan fingerprint density at radius 2 is 1.51 bits per heavy atom. The molecule has 0 radical (unpaired) electrons. The Kier molecular flexibility index (Phi) is 7.08. The zero-order chi connectivity index (χ0) is 29.9. The van der Waals surface area contributed by atoms with E-state index in [1.54, 1.807) is 0 Å². The SMILES string of the molecule is CC(C)(CO)N1CCN(c2ccc(N3CCN(C(=O)NC4C5CC6CC4CC(C(N)=O)(C6)C5)c4ccccc43)cc2)CC1. The second-order valence-electron chi connectivity index (χ2n) is 14.3. The van der Waals surface area contributed by atoms with Crippen LogP contribution in [-0.2, 0) is 4.79 Å². The van der Waals surface area contributed by atoms with Gasteiger partial charge in [-0.1, -0.05) is 12.1 Å². The highest BCUT2D eigenvalue weighted by atomic mass is 16.3. The van der Waals surface area contributed by atoms with Crippen LogP contribution in [0.3, 0.4) is 0 Å². The highest BCUT2D eigenvalue weighted by Crippen LogP contribution is 2.60. The third-order valence-corrected chi connectivity index (χ3v) is 11.4. The molecule has 4 bridgehead atoms. The number of primary amides is 1. The predicted molar refractivity (Wildman–Crippen MR) is 170 cm³/mol. The van der Waals surface area contributed by atoms with Gasteiger partial charge in [-0.3, -0.25) is 14.6 Å². The first-order chi connectivity index (χ1) is 20.7. The van der Waals surface area contributed by atoms with Gasteiger partial charge in [0.05, 0.1) is 18.0 Å². The van der Waals surface area contributed by atoms with Crippen LogP contribution in [0.5, 0.6) is 0 Å². The van der Waals surface area contributed by atoms with E-state index in [1.165, 1.54) is 5.69 Å². The molecule has 0 spiro atoms. The van der Waals surface area contributed by atoms with E-state index in [4.69, 9.17) is 5.73 Å². The number of para-hydroxylation sites is 2. The molecule has 3 amide bonds. The van der Waals surface area contributed by atoms with Gasteiger partial charge in [0.25, 0.3) is 0 Å². The van der Waals surface area contributed by atoms with Gasteiger partial charge in [-0.15, -0.1) is 0 Å². The quantitative estimate of drug-likeness (QED) is 0.474. The minimum atomic E-state index is -0.351. The predicted octanol–water partition coefficient (Wildman–Crippen LogP) is 3.93. The average Bonchev–Trinajstić information content (AvgIpc) is 3.02. The minimum absolute atomic E-state index is 0.0310. The molecule has 2 aliphatic heterocycles. The summed E-state index contributed by atoms with van der Waals surface area (Å²) < 4.78 is 0. The molecule has 2 aromatic rings. The van der Waals surface area contributed by atoms with E-state index in [-0.39, 0.29) is 35.5 Å². The van der Waals surface area contributed by atoms with Crippen molar-refractivity contribution in [3.8, 4) is 0 Å². The molecule has 2 atom stereocenters. The molecule has 6 aliphatic rings. The Balaban J connectivity index is 1.03. The summed E-state index contributed by atoms with van der Waals surface area (Å²) in [4.78, 5) is 35.2. The number of amides is 3. The third-order valence-electron chi connectivity index (χ3n) is 11.4. The van der Waals surface area contributed by atoms with E-state index in [2.05, 4.69) is 64.2 Å². The molecule has 230 valence electrons. The molecule has 4 aliphatic carbocycles. The number of nitrogens with zero attached hydrogens (tertiary/aromatic N) is 4. The van der Waals surface area contributed by atoms with Crippen molar-refractivity contribution in [2.75, 3.05) is 60.6 Å². The number of anilines is 4. The summed E-state index contributed by atoms with van der Waals surface area (Å²) in [5.74, 6) is 1.10. The fraction of sp³-hybridized carbons (Fsp3) is 0.588. The normalized spacial score (nSPS) is 30.3. The number of rotatable bonds is 6. The fourth-order valence-electron chi connectivity index (χ4n) is 9.14. The van der Waals surface area contributed by atoms with Crippen molar-refractivity contribution in [1.82, 2.24) is 10.2 Å². The van der Waals surface area contributed by atoms with Gasteiger partial charge >= 0.3 is 6.03 Å². The molecule has 9 heteroatoms.